The quantitative estimate of drug-likeness (QED) is 0.679. The Morgan fingerprint density at radius 1 is 1.18 bits per heavy atom. The smallest absolute Gasteiger partial charge is 0.255 e. The first-order valence-electron chi connectivity index (χ1n) is 5.88. The summed E-state index contributed by atoms with van der Waals surface area (Å²) in [6.45, 7) is 0. The molecular formula is C14H9ClF3NO2S. The third-order valence-electron chi connectivity index (χ3n) is 2.74. The molecule has 0 radical (unpaired) electrons. The van der Waals surface area contributed by atoms with Crippen molar-refractivity contribution in [2.75, 3.05) is 11.6 Å². The molecule has 0 spiro atoms. The Bertz CT molecular complexity index is 717. The van der Waals surface area contributed by atoms with Crippen molar-refractivity contribution in [1.29, 1.82) is 0 Å². The van der Waals surface area contributed by atoms with Gasteiger partial charge in [-0.25, -0.2) is 13.2 Å². The van der Waals surface area contributed by atoms with E-state index >= 15 is 0 Å². The topological polar surface area (TPSA) is 52.2 Å². The lowest BCUT2D eigenvalue weighted by atomic mass is 10.2. The molecule has 0 bridgehead atoms. The van der Waals surface area contributed by atoms with Crippen LogP contribution in [0, 0.1) is 17.5 Å². The van der Waals surface area contributed by atoms with E-state index in [9.17, 15) is 22.5 Å². The van der Waals surface area contributed by atoms with Crippen LogP contribution in [0.25, 0.3) is 0 Å². The third-order valence-corrected chi connectivity index (χ3v) is 4.14. The lowest BCUT2D eigenvalue weighted by molar-refractivity contribution is 0.102. The molecular weight excluding hydrogens is 339 g/mol. The highest BCUT2D eigenvalue weighted by Crippen LogP contribution is 2.23. The van der Waals surface area contributed by atoms with Crippen molar-refractivity contribution in [2.24, 2.45) is 0 Å². The van der Waals surface area contributed by atoms with Crippen molar-refractivity contribution in [2.45, 2.75) is 4.90 Å². The van der Waals surface area contributed by atoms with E-state index < -0.39 is 34.5 Å². The minimum Gasteiger partial charge on any atom is -0.612 e. The maximum atomic E-state index is 13.1. The first-order chi connectivity index (χ1) is 10.3. The first-order valence-corrected chi connectivity index (χ1v) is 7.82. The van der Waals surface area contributed by atoms with Gasteiger partial charge in [0, 0.05) is 29.4 Å². The van der Waals surface area contributed by atoms with Gasteiger partial charge in [-0.05, 0) is 23.3 Å². The van der Waals surface area contributed by atoms with Crippen LogP contribution in [-0.4, -0.2) is 16.7 Å². The molecule has 116 valence electrons. The minimum atomic E-state index is -1.62. The van der Waals surface area contributed by atoms with Gasteiger partial charge in [0.2, 0.25) is 0 Å². The van der Waals surface area contributed by atoms with Gasteiger partial charge in [0.25, 0.3) is 5.91 Å². The monoisotopic (exact) mass is 347 g/mol. The standard InChI is InChI=1S/C14H9ClF3NO2S/c1-22(21)12-4-7(2-3-9(12)15)14(20)19-8-5-10(16)13(18)11(17)6-8/h2-6H,1H3,(H,19,20). The van der Waals surface area contributed by atoms with Crippen LogP contribution in [0.2, 0.25) is 5.02 Å². The number of hydrogen-bond acceptors (Lipinski definition) is 2. The normalized spacial score (nSPS) is 12.1. The zero-order chi connectivity index (χ0) is 16.4. The van der Waals surface area contributed by atoms with Gasteiger partial charge in [0.15, 0.2) is 22.3 Å². The molecule has 0 saturated heterocycles. The largest absolute Gasteiger partial charge is 0.612 e. The van der Waals surface area contributed by atoms with Crippen molar-refractivity contribution in [1.82, 2.24) is 0 Å². The molecule has 3 nitrogen and oxygen atoms in total. The fourth-order valence-corrected chi connectivity index (χ4v) is 2.77. The average Bonchev–Trinajstić information content (AvgIpc) is 2.44. The summed E-state index contributed by atoms with van der Waals surface area (Å²) in [6, 6.07) is 5.38. The van der Waals surface area contributed by atoms with Gasteiger partial charge in [-0.15, -0.1) is 0 Å². The molecule has 2 aromatic carbocycles. The summed E-state index contributed by atoms with van der Waals surface area (Å²) >= 11 is 4.44. The summed E-state index contributed by atoms with van der Waals surface area (Å²) < 4.78 is 50.5. The summed E-state index contributed by atoms with van der Waals surface area (Å²) in [5.41, 5.74) is -0.143. The van der Waals surface area contributed by atoms with Crippen LogP contribution in [0.1, 0.15) is 10.4 Å². The van der Waals surface area contributed by atoms with Gasteiger partial charge in [-0.3, -0.25) is 4.79 Å². The van der Waals surface area contributed by atoms with Gasteiger partial charge in [-0.2, -0.15) is 0 Å². The van der Waals surface area contributed by atoms with E-state index in [4.69, 9.17) is 11.6 Å². The van der Waals surface area contributed by atoms with Crippen LogP contribution in [0.4, 0.5) is 18.9 Å². The first kappa shape index (κ1) is 16.7. The molecule has 8 heteroatoms. The second kappa shape index (κ2) is 6.60. The summed E-state index contributed by atoms with van der Waals surface area (Å²) in [5.74, 6) is -5.15. The summed E-state index contributed by atoms with van der Waals surface area (Å²) in [4.78, 5) is 12.3. The second-order valence-electron chi connectivity index (χ2n) is 4.31. The van der Waals surface area contributed by atoms with Crippen LogP contribution < -0.4 is 5.32 Å². The Hall–Kier alpha value is -1.70. The number of halogens is 4. The average molecular weight is 348 g/mol. The zero-order valence-electron chi connectivity index (χ0n) is 11.1. The molecule has 2 aromatic rings. The van der Waals surface area contributed by atoms with Crippen LogP contribution in [0.5, 0.6) is 0 Å². The Morgan fingerprint density at radius 3 is 2.32 bits per heavy atom. The lowest BCUT2D eigenvalue weighted by Gasteiger charge is -2.09. The van der Waals surface area contributed by atoms with Crippen LogP contribution in [0.15, 0.2) is 35.2 Å². The number of amides is 1. The van der Waals surface area contributed by atoms with Crippen molar-refractivity contribution < 1.29 is 22.5 Å². The van der Waals surface area contributed by atoms with E-state index in [1.807, 2.05) is 0 Å². The molecule has 1 N–H and O–H groups in total. The number of carbonyl (C=O) groups excluding carboxylic acids is 1. The van der Waals surface area contributed by atoms with E-state index in [0.717, 1.165) is 0 Å². The number of anilines is 1. The third kappa shape index (κ3) is 3.55. The Labute approximate surface area is 132 Å². The number of nitrogens with one attached hydrogen (secondary N) is 1. The maximum absolute atomic E-state index is 13.1. The van der Waals surface area contributed by atoms with E-state index in [2.05, 4.69) is 5.32 Å². The van der Waals surface area contributed by atoms with Crippen molar-refractivity contribution in [3.63, 3.8) is 0 Å². The molecule has 0 aromatic heterocycles. The lowest BCUT2D eigenvalue weighted by Crippen LogP contribution is -2.13. The maximum Gasteiger partial charge on any atom is 0.255 e. The molecule has 1 unspecified atom stereocenters. The minimum absolute atomic E-state index is 0.0970. The Kier molecular flexibility index (Phi) is 5.00. The molecule has 2 rings (SSSR count). The van der Waals surface area contributed by atoms with Crippen LogP contribution in [0.3, 0.4) is 0 Å². The number of hydrogen-bond donors (Lipinski definition) is 1. The number of benzene rings is 2. The molecule has 22 heavy (non-hydrogen) atoms. The number of rotatable bonds is 3. The molecule has 0 aliphatic rings. The predicted molar refractivity (Wildman–Crippen MR) is 78.1 cm³/mol. The molecule has 0 fully saturated rings. The SMILES string of the molecule is C[S+]([O-])c1cc(C(=O)Nc2cc(F)c(F)c(F)c2)ccc1Cl. The van der Waals surface area contributed by atoms with E-state index in [-0.39, 0.29) is 21.2 Å². The highest BCUT2D eigenvalue weighted by atomic mass is 35.5. The van der Waals surface area contributed by atoms with Gasteiger partial charge >= 0.3 is 0 Å². The van der Waals surface area contributed by atoms with Gasteiger partial charge in [0.1, 0.15) is 6.26 Å². The number of carbonyl (C=O) groups is 1. The van der Waals surface area contributed by atoms with Crippen molar-refractivity contribution >= 4 is 34.4 Å². The summed E-state index contributed by atoms with van der Waals surface area (Å²) in [7, 11) is 0. The molecule has 0 heterocycles. The Balaban J connectivity index is 2.28. The Morgan fingerprint density at radius 2 is 1.77 bits per heavy atom. The van der Waals surface area contributed by atoms with Gasteiger partial charge < -0.3 is 9.87 Å². The summed E-state index contributed by atoms with van der Waals surface area (Å²) in [5, 5.41) is 2.46. The molecule has 1 atom stereocenters. The highest BCUT2D eigenvalue weighted by molar-refractivity contribution is 7.90. The van der Waals surface area contributed by atoms with Gasteiger partial charge in [0.05, 0.1) is 5.02 Å². The fraction of sp³-hybridized carbons (Fsp3) is 0.0714. The fourth-order valence-electron chi connectivity index (χ4n) is 1.70. The summed E-state index contributed by atoms with van der Waals surface area (Å²) in [6.07, 6.45) is 1.40. The van der Waals surface area contributed by atoms with E-state index in [0.29, 0.717) is 12.1 Å². The molecule has 1 amide bonds. The van der Waals surface area contributed by atoms with Crippen LogP contribution >= 0.6 is 11.6 Å². The van der Waals surface area contributed by atoms with E-state index in [1.54, 1.807) is 0 Å². The highest BCUT2D eigenvalue weighted by Gasteiger charge is 2.16. The molecule has 0 aliphatic heterocycles. The van der Waals surface area contributed by atoms with Gasteiger partial charge in [-0.1, -0.05) is 11.6 Å². The molecule has 0 aliphatic carbocycles. The van der Waals surface area contributed by atoms with Crippen molar-refractivity contribution in [3.05, 3.63) is 58.4 Å². The predicted octanol–water partition coefficient (Wildman–Crippen LogP) is 3.75. The second-order valence-corrected chi connectivity index (χ2v) is 6.06. The van der Waals surface area contributed by atoms with Crippen LogP contribution in [-0.2, 0) is 11.2 Å². The van der Waals surface area contributed by atoms with Crippen molar-refractivity contribution in [3.8, 4) is 0 Å². The molecule has 0 saturated carbocycles. The zero-order valence-corrected chi connectivity index (χ0v) is 12.7. The van der Waals surface area contributed by atoms with E-state index in [1.165, 1.54) is 24.5 Å².